The van der Waals surface area contributed by atoms with Crippen LogP contribution in [0.2, 0.25) is 0 Å². The monoisotopic (exact) mass is 239 g/mol. The van der Waals surface area contributed by atoms with Gasteiger partial charge in [0.2, 0.25) is 0 Å². The average molecular weight is 239 g/mol. The van der Waals surface area contributed by atoms with Gasteiger partial charge in [-0.1, -0.05) is 13.8 Å². The minimum atomic E-state index is -0.571. The molecule has 1 aliphatic carbocycles. The van der Waals surface area contributed by atoms with Gasteiger partial charge in [-0.05, 0) is 48.8 Å². The third-order valence-corrected chi connectivity index (χ3v) is 3.93. The zero-order valence-corrected chi connectivity index (χ0v) is 10.4. The van der Waals surface area contributed by atoms with E-state index in [4.69, 9.17) is 5.73 Å². The van der Waals surface area contributed by atoms with E-state index in [1.54, 1.807) is 0 Å². The van der Waals surface area contributed by atoms with Crippen LogP contribution in [0.1, 0.15) is 45.1 Å². The number of hydrogen-bond acceptors (Lipinski definition) is 1. The normalized spacial score (nSPS) is 22.4. The van der Waals surface area contributed by atoms with Gasteiger partial charge in [0.25, 0.3) is 0 Å². The second kappa shape index (κ2) is 4.05. The van der Waals surface area contributed by atoms with Gasteiger partial charge in [0, 0.05) is 11.6 Å². The molecular formula is C14H19F2N. The van der Waals surface area contributed by atoms with Gasteiger partial charge in [-0.2, -0.15) is 0 Å². The first kappa shape index (κ1) is 12.5. The van der Waals surface area contributed by atoms with Gasteiger partial charge in [0.05, 0.1) is 0 Å². The maximum absolute atomic E-state index is 13.2. The van der Waals surface area contributed by atoms with Crippen molar-refractivity contribution in [2.75, 3.05) is 0 Å². The van der Waals surface area contributed by atoms with Crippen LogP contribution in [0.25, 0.3) is 0 Å². The fourth-order valence-corrected chi connectivity index (χ4v) is 2.50. The summed E-state index contributed by atoms with van der Waals surface area (Å²) < 4.78 is 26.4. The Hall–Kier alpha value is -0.960. The van der Waals surface area contributed by atoms with Crippen LogP contribution in [0.3, 0.4) is 0 Å². The highest BCUT2D eigenvalue weighted by atomic mass is 19.1. The van der Waals surface area contributed by atoms with E-state index >= 15 is 0 Å². The smallest absolute Gasteiger partial charge is 0.126 e. The Balaban J connectivity index is 2.27. The molecule has 0 aromatic heterocycles. The standard InChI is InChI=1S/C14H19F2N/c1-13(2)3-5-14(17,6-4-13)10-7-11(15)9-12(16)8-10/h7-9H,3-6,17H2,1-2H3. The quantitative estimate of drug-likeness (QED) is 0.794. The van der Waals surface area contributed by atoms with E-state index in [1.807, 2.05) is 0 Å². The van der Waals surface area contributed by atoms with Crippen molar-refractivity contribution < 1.29 is 8.78 Å². The van der Waals surface area contributed by atoms with Crippen molar-refractivity contribution in [2.24, 2.45) is 11.1 Å². The molecule has 1 fully saturated rings. The van der Waals surface area contributed by atoms with Crippen LogP contribution in [0.5, 0.6) is 0 Å². The highest BCUT2D eigenvalue weighted by Crippen LogP contribution is 2.43. The first-order chi connectivity index (χ1) is 7.81. The van der Waals surface area contributed by atoms with Crippen molar-refractivity contribution in [1.29, 1.82) is 0 Å². The summed E-state index contributed by atoms with van der Waals surface area (Å²) in [6.45, 7) is 4.41. The molecule has 0 heterocycles. The maximum Gasteiger partial charge on any atom is 0.126 e. The number of benzene rings is 1. The third-order valence-electron chi connectivity index (χ3n) is 3.93. The van der Waals surface area contributed by atoms with Crippen molar-refractivity contribution in [3.05, 3.63) is 35.4 Å². The molecule has 1 aromatic carbocycles. The molecule has 1 nitrogen and oxygen atoms in total. The van der Waals surface area contributed by atoms with Gasteiger partial charge in [-0.3, -0.25) is 0 Å². The average Bonchev–Trinajstić information content (AvgIpc) is 2.22. The van der Waals surface area contributed by atoms with E-state index in [9.17, 15) is 8.78 Å². The molecule has 2 rings (SSSR count). The van der Waals surface area contributed by atoms with Crippen LogP contribution in [-0.2, 0) is 5.54 Å². The van der Waals surface area contributed by atoms with Crippen LogP contribution < -0.4 is 5.73 Å². The molecule has 0 bridgehead atoms. The molecule has 0 unspecified atom stereocenters. The minimum absolute atomic E-state index is 0.286. The van der Waals surface area contributed by atoms with Crippen molar-refractivity contribution >= 4 is 0 Å². The van der Waals surface area contributed by atoms with Crippen LogP contribution in [0, 0.1) is 17.0 Å². The first-order valence-electron chi connectivity index (χ1n) is 6.06. The fourth-order valence-electron chi connectivity index (χ4n) is 2.50. The van der Waals surface area contributed by atoms with Crippen LogP contribution in [0.4, 0.5) is 8.78 Å². The molecule has 1 saturated carbocycles. The molecule has 0 saturated heterocycles. The molecule has 0 aliphatic heterocycles. The molecule has 1 aliphatic rings. The SMILES string of the molecule is CC1(C)CCC(N)(c2cc(F)cc(F)c2)CC1. The fraction of sp³-hybridized carbons (Fsp3) is 0.571. The number of halogens is 2. The Morgan fingerprint density at radius 3 is 1.88 bits per heavy atom. The second-order valence-electron chi connectivity index (χ2n) is 5.98. The van der Waals surface area contributed by atoms with Gasteiger partial charge in [-0.25, -0.2) is 8.78 Å². The molecule has 17 heavy (non-hydrogen) atoms. The van der Waals surface area contributed by atoms with E-state index < -0.39 is 17.2 Å². The number of nitrogens with two attached hydrogens (primary N) is 1. The zero-order valence-electron chi connectivity index (χ0n) is 10.4. The van der Waals surface area contributed by atoms with E-state index in [0.717, 1.165) is 31.7 Å². The lowest BCUT2D eigenvalue weighted by molar-refractivity contribution is 0.165. The van der Waals surface area contributed by atoms with Gasteiger partial charge in [-0.15, -0.1) is 0 Å². The summed E-state index contributed by atoms with van der Waals surface area (Å²) >= 11 is 0. The Morgan fingerprint density at radius 2 is 1.41 bits per heavy atom. The summed E-state index contributed by atoms with van der Waals surface area (Å²) in [5, 5.41) is 0. The minimum Gasteiger partial charge on any atom is -0.321 e. The van der Waals surface area contributed by atoms with E-state index in [0.29, 0.717) is 5.56 Å². The first-order valence-corrected chi connectivity index (χ1v) is 6.06. The van der Waals surface area contributed by atoms with E-state index in [-0.39, 0.29) is 5.41 Å². The molecule has 0 amide bonds. The Kier molecular flexibility index (Phi) is 2.98. The van der Waals surface area contributed by atoms with Gasteiger partial charge in [0.15, 0.2) is 0 Å². The summed E-state index contributed by atoms with van der Waals surface area (Å²) in [4.78, 5) is 0. The lowest BCUT2D eigenvalue weighted by atomic mass is 9.67. The molecule has 94 valence electrons. The maximum atomic E-state index is 13.2. The molecule has 0 radical (unpaired) electrons. The lowest BCUT2D eigenvalue weighted by Crippen LogP contribution is -2.42. The summed E-state index contributed by atoms with van der Waals surface area (Å²) in [5.74, 6) is -1.09. The molecule has 0 atom stereocenters. The summed E-state index contributed by atoms with van der Waals surface area (Å²) in [6, 6.07) is 3.61. The second-order valence-corrected chi connectivity index (χ2v) is 5.98. The Morgan fingerprint density at radius 1 is 0.941 bits per heavy atom. The van der Waals surface area contributed by atoms with Crippen molar-refractivity contribution in [1.82, 2.24) is 0 Å². The summed E-state index contributed by atoms with van der Waals surface area (Å²) in [7, 11) is 0. The molecular weight excluding hydrogens is 220 g/mol. The zero-order chi connectivity index (χ0) is 12.7. The largest absolute Gasteiger partial charge is 0.321 e. The molecule has 1 aromatic rings. The van der Waals surface area contributed by atoms with Crippen LogP contribution in [-0.4, -0.2) is 0 Å². The Bertz CT molecular complexity index is 396. The third kappa shape index (κ3) is 2.65. The highest BCUT2D eigenvalue weighted by molar-refractivity contribution is 5.26. The summed E-state index contributed by atoms with van der Waals surface area (Å²) in [6.07, 6.45) is 3.54. The molecule has 0 spiro atoms. The van der Waals surface area contributed by atoms with Crippen molar-refractivity contribution in [3.63, 3.8) is 0 Å². The van der Waals surface area contributed by atoms with Crippen LogP contribution in [0.15, 0.2) is 18.2 Å². The predicted octanol–water partition coefficient (Wildman–Crippen LogP) is 3.72. The van der Waals surface area contributed by atoms with Crippen LogP contribution >= 0.6 is 0 Å². The van der Waals surface area contributed by atoms with Crippen molar-refractivity contribution in [3.8, 4) is 0 Å². The van der Waals surface area contributed by atoms with E-state index in [1.165, 1.54) is 12.1 Å². The molecule has 2 N–H and O–H groups in total. The lowest BCUT2D eigenvalue weighted by Gasteiger charge is -2.41. The topological polar surface area (TPSA) is 26.0 Å². The Labute approximate surface area is 101 Å². The van der Waals surface area contributed by atoms with Gasteiger partial charge >= 0.3 is 0 Å². The summed E-state index contributed by atoms with van der Waals surface area (Å²) in [5.41, 5.74) is 6.61. The predicted molar refractivity (Wildman–Crippen MR) is 64.5 cm³/mol. The van der Waals surface area contributed by atoms with E-state index in [2.05, 4.69) is 13.8 Å². The number of rotatable bonds is 1. The van der Waals surface area contributed by atoms with Crippen molar-refractivity contribution in [2.45, 2.75) is 45.1 Å². The highest BCUT2D eigenvalue weighted by Gasteiger charge is 2.36. The molecule has 3 heteroatoms. The number of hydrogen-bond donors (Lipinski definition) is 1. The van der Waals surface area contributed by atoms with Gasteiger partial charge in [0.1, 0.15) is 11.6 Å². The van der Waals surface area contributed by atoms with Gasteiger partial charge < -0.3 is 5.73 Å².